The average Bonchev–Trinajstić information content (AvgIpc) is 3.08. The van der Waals surface area contributed by atoms with Crippen LogP contribution in [0.25, 0.3) is 0 Å². The van der Waals surface area contributed by atoms with Crippen LogP contribution in [0.2, 0.25) is 0 Å². The van der Waals surface area contributed by atoms with E-state index in [0.717, 1.165) is 44.0 Å². The Kier molecular flexibility index (Phi) is 4.83. The van der Waals surface area contributed by atoms with E-state index in [9.17, 15) is 0 Å². The third-order valence-corrected chi connectivity index (χ3v) is 4.70. The average molecular weight is 350 g/mol. The Hall–Kier alpha value is -2.87. The number of imidazole rings is 1. The minimum absolute atomic E-state index is 0.405. The summed E-state index contributed by atoms with van der Waals surface area (Å²) in [6, 6.07) is 0. The van der Waals surface area contributed by atoms with Crippen LogP contribution >= 0.6 is 0 Å². The van der Waals surface area contributed by atoms with Crippen molar-refractivity contribution in [2.24, 2.45) is 7.05 Å². The van der Waals surface area contributed by atoms with Crippen molar-refractivity contribution < 1.29 is 0 Å². The van der Waals surface area contributed by atoms with E-state index in [1.165, 1.54) is 0 Å². The monoisotopic (exact) mass is 350 g/mol. The minimum atomic E-state index is 0.405. The predicted molar refractivity (Wildman–Crippen MR) is 97.8 cm³/mol. The van der Waals surface area contributed by atoms with Crippen LogP contribution < -0.4 is 5.32 Å². The van der Waals surface area contributed by atoms with Crippen molar-refractivity contribution in [1.82, 2.24) is 34.4 Å². The molecule has 26 heavy (non-hydrogen) atoms. The van der Waals surface area contributed by atoms with Gasteiger partial charge in [0.2, 0.25) is 0 Å². The van der Waals surface area contributed by atoms with Crippen molar-refractivity contribution in [2.75, 3.05) is 18.4 Å². The van der Waals surface area contributed by atoms with Gasteiger partial charge in [0, 0.05) is 44.3 Å². The van der Waals surface area contributed by atoms with Gasteiger partial charge in [-0.05, 0) is 19.4 Å². The van der Waals surface area contributed by atoms with Crippen LogP contribution in [0.5, 0.6) is 0 Å². The summed E-state index contributed by atoms with van der Waals surface area (Å²) in [5, 5.41) is 3.11. The predicted octanol–water partition coefficient (Wildman–Crippen LogP) is 2.12. The van der Waals surface area contributed by atoms with Crippen LogP contribution in [0.1, 0.15) is 30.3 Å². The smallest absolute Gasteiger partial charge is 0.150 e. The lowest BCUT2D eigenvalue weighted by Crippen LogP contribution is -2.35. The molecule has 1 aliphatic rings. The molecule has 0 spiro atoms. The summed E-state index contributed by atoms with van der Waals surface area (Å²) in [5.41, 5.74) is 1.04. The zero-order valence-corrected chi connectivity index (χ0v) is 14.8. The summed E-state index contributed by atoms with van der Waals surface area (Å²) < 4.78 is 2.08. The second kappa shape index (κ2) is 7.57. The van der Waals surface area contributed by atoms with E-state index in [4.69, 9.17) is 0 Å². The molecule has 0 aliphatic carbocycles. The number of anilines is 2. The number of nitrogens with one attached hydrogen (secondary N) is 1. The molecular weight excluding hydrogens is 328 g/mol. The fourth-order valence-electron chi connectivity index (χ4n) is 3.30. The summed E-state index contributed by atoms with van der Waals surface area (Å²) in [6.07, 6.45) is 14.7. The Morgan fingerprint density at radius 1 is 1.04 bits per heavy atom. The van der Waals surface area contributed by atoms with Gasteiger partial charge in [0.25, 0.3) is 0 Å². The lowest BCUT2D eigenvalue weighted by molar-refractivity contribution is 0.192. The number of aromatic nitrogens is 6. The maximum absolute atomic E-state index is 4.63. The van der Waals surface area contributed by atoms with Crippen LogP contribution in [0.15, 0.2) is 43.4 Å². The van der Waals surface area contributed by atoms with E-state index in [2.05, 4.69) is 39.7 Å². The Balaban J connectivity index is 1.39. The molecule has 0 aromatic carbocycles. The van der Waals surface area contributed by atoms with E-state index in [1.54, 1.807) is 24.8 Å². The Morgan fingerprint density at radius 2 is 1.96 bits per heavy atom. The lowest BCUT2D eigenvalue weighted by Gasteiger charge is -2.32. The van der Waals surface area contributed by atoms with Gasteiger partial charge in [0.1, 0.15) is 17.5 Å². The summed E-state index contributed by atoms with van der Waals surface area (Å²) in [5.74, 6) is 2.84. The molecular formula is C18H22N8. The Labute approximate surface area is 152 Å². The second-order valence-electron chi connectivity index (χ2n) is 6.57. The number of piperidine rings is 1. The fraction of sp³-hybridized carbons (Fsp3) is 0.389. The Bertz CT molecular complexity index is 830. The maximum Gasteiger partial charge on any atom is 0.150 e. The zero-order chi connectivity index (χ0) is 17.8. The van der Waals surface area contributed by atoms with Gasteiger partial charge in [-0.2, -0.15) is 0 Å². The number of hydrogen-bond donors (Lipinski definition) is 1. The molecule has 3 aromatic rings. The molecule has 0 saturated carbocycles. The van der Waals surface area contributed by atoms with E-state index < -0.39 is 0 Å². The summed E-state index contributed by atoms with van der Waals surface area (Å²) in [4.78, 5) is 24.2. The third-order valence-electron chi connectivity index (χ3n) is 4.70. The van der Waals surface area contributed by atoms with Crippen molar-refractivity contribution in [1.29, 1.82) is 0 Å². The van der Waals surface area contributed by atoms with Gasteiger partial charge in [0.05, 0.1) is 30.8 Å². The number of likely N-dealkylation sites (tertiary alicyclic amines) is 1. The molecule has 0 unspecified atom stereocenters. The van der Waals surface area contributed by atoms with Gasteiger partial charge in [-0.15, -0.1) is 0 Å². The normalized spacial score (nSPS) is 18.0. The largest absolute Gasteiger partial charge is 0.337 e. The first-order valence-electron chi connectivity index (χ1n) is 8.81. The van der Waals surface area contributed by atoms with E-state index in [-0.39, 0.29) is 0 Å². The molecule has 0 amide bonds. The molecule has 4 heterocycles. The highest BCUT2D eigenvalue weighted by molar-refractivity contribution is 5.48. The van der Waals surface area contributed by atoms with Crippen LogP contribution in [-0.2, 0) is 13.6 Å². The third kappa shape index (κ3) is 3.85. The first kappa shape index (κ1) is 16.6. The molecule has 1 saturated heterocycles. The zero-order valence-electron chi connectivity index (χ0n) is 14.8. The first-order chi connectivity index (χ1) is 12.8. The Morgan fingerprint density at radius 3 is 2.69 bits per heavy atom. The van der Waals surface area contributed by atoms with Crippen molar-refractivity contribution in [3.8, 4) is 0 Å². The van der Waals surface area contributed by atoms with Crippen molar-refractivity contribution in [3.05, 3.63) is 54.9 Å². The standard InChI is InChI=1S/C18H22N8/c1-25-8-6-21-18(25)13-26-7-2-3-14(12-26)15-9-23-17(11-22-15)24-16-10-19-4-5-20-16/h4-6,8-11,14H,2-3,7,12-13H2,1H3,(H,20,23,24)/t14-/m0/s1. The molecule has 8 heteroatoms. The number of aryl methyl sites for hydroxylation is 1. The van der Waals surface area contributed by atoms with Gasteiger partial charge in [0.15, 0.2) is 0 Å². The molecule has 3 aromatic heterocycles. The molecule has 1 fully saturated rings. The van der Waals surface area contributed by atoms with E-state index in [1.807, 2.05) is 25.6 Å². The molecule has 1 aliphatic heterocycles. The fourth-order valence-corrected chi connectivity index (χ4v) is 3.30. The highest BCUT2D eigenvalue weighted by Gasteiger charge is 2.23. The molecule has 1 N–H and O–H groups in total. The molecule has 4 rings (SSSR count). The van der Waals surface area contributed by atoms with Crippen LogP contribution in [0.4, 0.5) is 11.6 Å². The molecule has 0 bridgehead atoms. The molecule has 1 atom stereocenters. The maximum atomic E-state index is 4.63. The molecule has 0 radical (unpaired) electrons. The molecule has 134 valence electrons. The van der Waals surface area contributed by atoms with E-state index in [0.29, 0.717) is 17.6 Å². The second-order valence-corrected chi connectivity index (χ2v) is 6.57. The lowest BCUT2D eigenvalue weighted by atomic mass is 9.95. The van der Waals surface area contributed by atoms with Gasteiger partial charge < -0.3 is 9.88 Å². The van der Waals surface area contributed by atoms with Gasteiger partial charge >= 0.3 is 0 Å². The highest BCUT2D eigenvalue weighted by atomic mass is 15.2. The van der Waals surface area contributed by atoms with Gasteiger partial charge in [-0.3, -0.25) is 14.9 Å². The number of hydrogen-bond acceptors (Lipinski definition) is 7. The summed E-state index contributed by atoms with van der Waals surface area (Å²) in [6.45, 7) is 2.96. The quantitative estimate of drug-likeness (QED) is 0.754. The SMILES string of the molecule is Cn1ccnc1CN1CCC[C@H](c2cnc(Nc3cnccn3)cn2)C1. The minimum Gasteiger partial charge on any atom is -0.337 e. The van der Waals surface area contributed by atoms with Crippen molar-refractivity contribution in [3.63, 3.8) is 0 Å². The topological polar surface area (TPSA) is 84.7 Å². The van der Waals surface area contributed by atoms with Crippen LogP contribution in [0.3, 0.4) is 0 Å². The van der Waals surface area contributed by atoms with Gasteiger partial charge in [-0.1, -0.05) is 0 Å². The highest BCUT2D eigenvalue weighted by Crippen LogP contribution is 2.26. The summed E-state index contributed by atoms with van der Waals surface area (Å²) in [7, 11) is 2.04. The first-order valence-corrected chi connectivity index (χ1v) is 8.81. The number of nitrogens with zero attached hydrogens (tertiary/aromatic N) is 7. The van der Waals surface area contributed by atoms with Crippen molar-refractivity contribution in [2.45, 2.75) is 25.3 Å². The van der Waals surface area contributed by atoms with Crippen LogP contribution in [0, 0.1) is 0 Å². The number of rotatable bonds is 5. The van der Waals surface area contributed by atoms with Crippen LogP contribution in [-0.4, -0.2) is 47.5 Å². The van der Waals surface area contributed by atoms with Gasteiger partial charge in [-0.25, -0.2) is 15.0 Å². The summed E-state index contributed by atoms with van der Waals surface area (Å²) >= 11 is 0. The van der Waals surface area contributed by atoms with E-state index >= 15 is 0 Å². The molecule has 8 nitrogen and oxygen atoms in total. The van der Waals surface area contributed by atoms with Crippen molar-refractivity contribution >= 4 is 11.6 Å².